The summed E-state index contributed by atoms with van der Waals surface area (Å²) < 4.78 is 0. The normalized spacial score (nSPS) is 13.2. The fraction of sp³-hybridized carbons (Fsp3) is 0.353. The Balaban J connectivity index is 1.74. The van der Waals surface area contributed by atoms with E-state index in [1.54, 1.807) is 0 Å². The second kappa shape index (κ2) is 5.64. The average molecular weight is 282 g/mol. The number of benzene rings is 1. The van der Waals surface area contributed by atoms with Crippen LogP contribution >= 0.6 is 0 Å². The van der Waals surface area contributed by atoms with E-state index in [1.807, 2.05) is 32.6 Å². The van der Waals surface area contributed by atoms with Crippen LogP contribution in [0.25, 0.3) is 0 Å². The first-order chi connectivity index (χ1) is 10.1. The largest absolute Gasteiger partial charge is 0.378 e. The van der Waals surface area contributed by atoms with Crippen molar-refractivity contribution < 1.29 is 0 Å². The lowest BCUT2D eigenvalue weighted by molar-refractivity contribution is 0.955. The van der Waals surface area contributed by atoms with Crippen molar-refractivity contribution in [3.8, 4) is 0 Å². The van der Waals surface area contributed by atoms with Crippen LogP contribution in [0, 0.1) is 0 Å². The first-order valence-electron chi connectivity index (χ1n) is 7.33. The summed E-state index contributed by atoms with van der Waals surface area (Å²) in [5.74, 6) is 0. The van der Waals surface area contributed by atoms with Crippen molar-refractivity contribution in [3.63, 3.8) is 0 Å². The third-order valence-corrected chi connectivity index (χ3v) is 4.03. The molecule has 2 heterocycles. The van der Waals surface area contributed by atoms with Crippen molar-refractivity contribution >= 4 is 17.1 Å². The van der Waals surface area contributed by atoms with E-state index in [4.69, 9.17) is 0 Å². The van der Waals surface area contributed by atoms with Gasteiger partial charge in [-0.15, -0.1) is 0 Å². The van der Waals surface area contributed by atoms with Crippen molar-refractivity contribution in [1.29, 1.82) is 0 Å². The molecule has 1 aromatic heterocycles. The van der Waals surface area contributed by atoms with Gasteiger partial charge in [0.1, 0.15) is 0 Å². The third-order valence-electron chi connectivity index (χ3n) is 4.03. The van der Waals surface area contributed by atoms with Gasteiger partial charge in [0.05, 0.1) is 17.6 Å². The molecule has 0 saturated carbocycles. The second-order valence-corrected chi connectivity index (χ2v) is 5.78. The molecule has 21 heavy (non-hydrogen) atoms. The Morgan fingerprint density at radius 2 is 2.14 bits per heavy atom. The molecule has 0 atom stereocenters. The molecule has 3 rings (SSSR count). The number of fused-ring (bicyclic) bond motifs is 1. The summed E-state index contributed by atoms with van der Waals surface area (Å²) in [5, 5.41) is 3.50. The molecule has 1 aliphatic rings. The molecule has 0 bridgehead atoms. The summed E-state index contributed by atoms with van der Waals surface area (Å²) in [6, 6.07) is 8.78. The Morgan fingerprint density at radius 1 is 1.29 bits per heavy atom. The molecular weight excluding hydrogens is 260 g/mol. The molecule has 1 aliphatic heterocycles. The first-order valence-corrected chi connectivity index (χ1v) is 7.33. The van der Waals surface area contributed by atoms with E-state index in [-0.39, 0.29) is 0 Å². The highest BCUT2D eigenvalue weighted by Crippen LogP contribution is 2.28. The second-order valence-electron chi connectivity index (χ2n) is 5.78. The molecule has 0 radical (unpaired) electrons. The molecule has 0 spiro atoms. The van der Waals surface area contributed by atoms with Crippen molar-refractivity contribution in [3.05, 3.63) is 47.8 Å². The van der Waals surface area contributed by atoms with Gasteiger partial charge in [0.25, 0.3) is 0 Å². The molecule has 0 unspecified atom stereocenters. The molecule has 0 fully saturated rings. The fourth-order valence-electron chi connectivity index (χ4n) is 2.84. The molecule has 0 saturated heterocycles. The molecule has 0 aliphatic carbocycles. The zero-order valence-electron chi connectivity index (χ0n) is 12.9. The lowest BCUT2D eigenvalue weighted by Gasteiger charge is -2.18. The van der Waals surface area contributed by atoms with Gasteiger partial charge in [-0.3, -0.25) is 4.98 Å². The average Bonchev–Trinajstić information content (AvgIpc) is 2.86. The Labute approximate surface area is 126 Å². The molecule has 110 valence electrons. The minimum absolute atomic E-state index is 0.823. The number of aromatic nitrogens is 1. The molecule has 4 nitrogen and oxygen atoms in total. The summed E-state index contributed by atoms with van der Waals surface area (Å²) in [5.41, 5.74) is 6.37. The Hall–Kier alpha value is -2.23. The minimum atomic E-state index is 0.823. The van der Waals surface area contributed by atoms with Gasteiger partial charge in [-0.25, -0.2) is 0 Å². The number of nitrogens with one attached hydrogen (secondary N) is 1. The molecule has 1 aromatic carbocycles. The monoisotopic (exact) mass is 282 g/mol. The number of anilines is 3. The van der Waals surface area contributed by atoms with E-state index in [2.05, 4.69) is 45.3 Å². The predicted octanol–water partition coefficient (Wildman–Crippen LogP) is 2.75. The van der Waals surface area contributed by atoms with Crippen LogP contribution in [0.3, 0.4) is 0 Å². The van der Waals surface area contributed by atoms with Gasteiger partial charge in [-0.2, -0.15) is 0 Å². The van der Waals surface area contributed by atoms with Crippen LogP contribution in [0.2, 0.25) is 0 Å². The van der Waals surface area contributed by atoms with E-state index < -0.39 is 0 Å². The maximum Gasteiger partial charge on any atom is 0.0766 e. The smallest absolute Gasteiger partial charge is 0.0766 e. The Morgan fingerprint density at radius 3 is 2.95 bits per heavy atom. The molecular formula is C17H22N4. The van der Waals surface area contributed by atoms with Gasteiger partial charge in [0.15, 0.2) is 0 Å². The standard InChI is InChI=1S/C17H22N4/c1-20(2)17-6-8-18-12-15(17)19-11-13-4-5-16-14(10-13)7-9-21(16)3/h4-6,8,10,12,19H,7,9,11H2,1-3H3. The van der Waals surface area contributed by atoms with Crippen molar-refractivity contribution in [2.75, 3.05) is 42.8 Å². The predicted molar refractivity (Wildman–Crippen MR) is 89.3 cm³/mol. The number of hydrogen-bond donors (Lipinski definition) is 1. The van der Waals surface area contributed by atoms with Gasteiger partial charge in [0, 0.05) is 46.1 Å². The maximum atomic E-state index is 4.21. The number of likely N-dealkylation sites (N-methyl/N-ethyl adjacent to an activating group) is 1. The summed E-state index contributed by atoms with van der Waals surface area (Å²) in [4.78, 5) is 8.63. The van der Waals surface area contributed by atoms with E-state index in [0.717, 1.165) is 30.9 Å². The van der Waals surface area contributed by atoms with E-state index in [0.29, 0.717) is 0 Å². The fourth-order valence-corrected chi connectivity index (χ4v) is 2.84. The lowest BCUT2D eigenvalue weighted by atomic mass is 10.1. The third kappa shape index (κ3) is 2.79. The number of pyridine rings is 1. The van der Waals surface area contributed by atoms with Crippen LogP contribution in [-0.4, -0.2) is 32.7 Å². The van der Waals surface area contributed by atoms with Gasteiger partial charge in [-0.05, 0) is 29.7 Å². The zero-order valence-corrected chi connectivity index (χ0v) is 12.9. The zero-order chi connectivity index (χ0) is 14.8. The quantitative estimate of drug-likeness (QED) is 0.934. The van der Waals surface area contributed by atoms with Gasteiger partial charge < -0.3 is 15.1 Å². The topological polar surface area (TPSA) is 31.4 Å². The number of rotatable bonds is 4. The summed E-state index contributed by atoms with van der Waals surface area (Å²) in [7, 11) is 6.25. The summed E-state index contributed by atoms with van der Waals surface area (Å²) >= 11 is 0. The van der Waals surface area contributed by atoms with Crippen LogP contribution in [0.1, 0.15) is 11.1 Å². The highest BCUT2D eigenvalue weighted by Gasteiger charge is 2.15. The minimum Gasteiger partial charge on any atom is -0.378 e. The molecule has 0 amide bonds. The van der Waals surface area contributed by atoms with E-state index in [9.17, 15) is 0 Å². The highest BCUT2D eigenvalue weighted by molar-refractivity contribution is 5.68. The lowest BCUT2D eigenvalue weighted by Crippen LogP contribution is -2.13. The number of hydrogen-bond acceptors (Lipinski definition) is 4. The summed E-state index contributed by atoms with van der Waals surface area (Å²) in [6.45, 7) is 1.95. The molecule has 4 heteroatoms. The molecule has 2 aromatic rings. The van der Waals surface area contributed by atoms with Gasteiger partial charge >= 0.3 is 0 Å². The first kappa shape index (κ1) is 13.7. The summed E-state index contributed by atoms with van der Waals surface area (Å²) in [6.07, 6.45) is 4.86. The SMILES string of the molecule is CN(C)c1ccncc1NCc1ccc2c(c1)CCN2C. The Kier molecular flexibility index (Phi) is 3.69. The van der Waals surface area contributed by atoms with Gasteiger partial charge in [-0.1, -0.05) is 12.1 Å². The van der Waals surface area contributed by atoms with Crippen LogP contribution < -0.4 is 15.1 Å². The maximum absolute atomic E-state index is 4.21. The van der Waals surface area contributed by atoms with Crippen LogP contribution in [0.15, 0.2) is 36.7 Å². The van der Waals surface area contributed by atoms with E-state index in [1.165, 1.54) is 16.8 Å². The van der Waals surface area contributed by atoms with Gasteiger partial charge in [0.2, 0.25) is 0 Å². The van der Waals surface area contributed by atoms with Crippen LogP contribution in [0.5, 0.6) is 0 Å². The van der Waals surface area contributed by atoms with Crippen molar-refractivity contribution in [2.24, 2.45) is 0 Å². The highest BCUT2D eigenvalue weighted by atomic mass is 15.1. The van der Waals surface area contributed by atoms with Crippen LogP contribution in [0.4, 0.5) is 17.1 Å². The Bertz CT molecular complexity index is 636. The van der Waals surface area contributed by atoms with E-state index >= 15 is 0 Å². The van der Waals surface area contributed by atoms with Crippen LogP contribution in [-0.2, 0) is 13.0 Å². The molecule has 1 N–H and O–H groups in total. The van der Waals surface area contributed by atoms with Crippen molar-refractivity contribution in [1.82, 2.24) is 4.98 Å². The number of nitrogens with zero attached hydrogens (tertiary/aromatic N) is 3. The van der Waals surface area contributed by atoms with Crippen molar-refractivity contribution in [2.45, 2.75) is 13.0 Å².